The third kappa shape index (κ3) is 2.22. The molecule has 0 amide bonds. The highest BCUT2D eigenvalue weighted by molar-refractivity contribution is 5.42. The van der Waals surface area contributed by atoms with Crippen LogP contribution in [0.2, 0.25) is 0 Å². The minimum Gasteiger partial charge on any atom is -0.0625 e. The average molecular weight is 242 g/mol. The van der Waals surface area contributed by atoms with E-state index < -0.39 is 0 Å². The molecule has 98 valence electrons. The maximum Gasteiger partial charge on any atom is -0.0156 e. The van der Waals surface area contributed by atoms with Gasteiger partial charge in [0.1, 0.15) is 0 Å². The Morgan fingerprint density at radius 1 is 1.00 bits per heavy atom. The van der Waals surface area contributed by atoms with E-state index in [2.05, 4.69) is 32.0 Å². The van der Waals surface area contributed by atoms with Crippen LogP contribution in [0.15, 0.2) is 18.2 Å². The lowest BCUT2D eigenvalue weighted by Gasteiger charge is -2.35. The van der Waals surface area contributed by atoms with Crippen LogP contribution in [0.25, 0.3) is 0 Å². The fraction of sp³-hybridized carbons (Fsp3) is 0.667. The average Bonchev–Trinajstić information content (AvgIpc) is 2.16. The lowest BCUT2D eigenvalue weighted by atomic mass is 9.69. The van der Waals surface area contributed by atoms with Crippen molar-refractivity contribution in [2.24, 2.45) is 5.92 Å². The summed E-state index contributed by atoms with van der Waals surface area (Å²) in [5, 5.41) is 0. The van der Waals surface area contributed by atoms with Crippen molar-refractivity contribution in [3.8, 4) is 0 Å². The van der Waals surface area contributed by atoms with Crippen molar-refractivity contribution in [2.75, 3.05) is 0 Å². The largest absolute Gasteiger partial charge is 0.0625 e. The van der Waals surface area contributed by atoms with Crippen molar-refractivity contribution >= 4 is 0 Å². The van der Waals surface area contributed by atoms with Crippen molar-refractivity contribution in [1.82, 2.24) is 0 Å². The molecule has 3 rings (SSSR count). The molecule has 1 aromatic carbocycles. The molecule has 0 heteroatoms. The van der Waals surface area contributed by atoms with Gasteiger partial charge < -0.3 is 0 Å². The summed E-state index contributed by atoms with van der Waals surface area (Å²) in [5.41, 5.74) is 5.17. The summed E-state index contributed by atoms with van der Waals surface area (Å²) in [5.74, 6) is 2.57. The molecule has 0 spiro atoms. The molecule has 0 bridgehead atoms. The zero-order chi connectivity index (χ0) is 12.5. The monoisotopic (exact) mass is 242 g/mol. The van der Waals surface area contributed by atoms with E-state index in [1.54, 1.807) is 16.7 Å². The molecular formula is C18H26. The number of hydrogen-bond acceptors (Lipinski definition) is 0. The van der Waals surface area contributed by atoms with Gasteiger partial charge in [0.25, 0.3) is 0 Å². The summed E-state index contributed by atoms with van der Waals surface area (Å²) in [4.78, 5) is 0. The van der Waals surface area contributed by atoms with Crippen LogP contribution in [0.1, 0.15) is 80.9 Å². The molecule has 2 aliphatic rings. The number of benzene rings is 1. The minimum absolute atomic E-state index is 0.778. The summed E-state index contributed by atoms with van der Waals surface area (Å²) < 4.78 is 0. The maximum atomic E-state index is 2.43. The molecular weight excluding hydrogens is 216 g/mol. The predicted molar refractivity (Wildman–Crippen MR) is 78.2 cm³/mol. The molecule has 2 fully saturated rings. The van der Waals surface area contributed by atoms with E-state index in [9.17, 15) is 0 Å². The van der Waals surface area contributed by atoms with E-state index in [-0.39, 0.29) is 0 Å². The summed E-state index contributed by atoms with van der Waals surface area (Å²) >= 11 is 0. The highest BCUT2D eigenvalue weighted by Gasteiger charge is 2.29. The van der Waals surface area contributed by atoms with Crippen LogP contribution in [0, 0.1) is 5.92 Å². The van der Waals surface area contributed by atoms with Gasteiger partial charge in [0.05, 0.1) is 0 Å². The lowest BCUT2D eigenvalue weighted by Crippen LogP contribution is -2.19. The first-order valence-electron chi connectivity index (χ1n) is 7.87. The van der Waals surface area contributed by atoms with Gasteiger partial charge in [-0.25, -0.2) is 0 Å². The van der Waals surface area contributed by atoms with Crippen LogP contribution in [0.5, 0.6) is 0 Å². The fourth-order valence-corrected chi connectivity index (χ4v) is 3.52. The predicted octanol–water partition coefficient (Wildman–Crippen LogP) is 5.42. The van der Waals surface area contributed by atoms with E-state index in [0.29, 0.717) is 0 Å². The van der Waals surface area contributed by atoms with Crippen molar-refractivity contribution in [1.29, 1.82) is 0 Å². The summed E-state index contributed by atoms with van der Waals surface area (Å²) in [6, 6.07) is 7.14. The number of hydrogen-bond donors (Lipinski definition) is 0. The van der Waals surface area contributed by atoms with Gasteiger partial charge in [-0.1, -0.05) is 44.9 Å². The molecule has 0 saturated heterocycles. The molecule has 0 aliphatic heterocycles. The standard InChI is InChI=1S/C18H26/c1-13(2)12-16-10-5-11-17(14-6-3-7-14)18(16)15-8-4-9-15/h5,10-11,13-15H,3-4,6-9,12H2,1-2H3. The smallest absolute Gasteiger partial charge is 0.0156 e. The summed E-state index contributed by atoms with van der Waals surface area (Å²) in [6.07, 6.45) is 9.92. The van der Waals surface area contributed by atoms with Crippen molar-refractivity contribution in [2.45, 2.75) is 70.6 Å². The van der Waals surface area contributed by atoms with E-state index in [0.717, 1.165) is 17.8 Å². The Morgan fingerprint density at radius 3 is 2.17 bits per heavy atom. The van der Waals surface area contributed by atoms with Crippen LogP contribution in [-0.2, 0) is 6.42 Å². The second-order valence-electron chi connectivity index (χ2n) is 6.77. The summed E-state index contributed by atoms with van der Waals surface area (Å²) in [6.45, 7) is 4.70. The van der Waals surface area contributed by atoms with Crippen LogP contribution >= 0.6 is 0 Å². The first-order valence-corrected chi connectivity index (χ1v) is 7.87. The molecule has 2 aliphatic carbocycles. The third-order valence-corrected chi connectivity index (χ3v) is 4.92. The zero-order valence-electron chi connectivity index (χ0n) is 11.9. The first kappa shape index (κ1) is 12.3. The lowest BCUT2D eigenvalue weighted by molar-refractivity contribution is 0.385. The topological polar surface area (TPSA) is 0 Å². The molecule has 18 heavy (non-hydrogen) atoms. The van der Waals surface area contributed by atoms with Crippen molar-refractivity contribution < 1.29 is 0 Å². The van der Waals surface area contributed by atoms with Gasteiger partial charge in [0, 0.05) is 0 Å². The van der Waals surface area contributed by atoms with Gasteiger partial charge >= 0.3 is 0 Å². The Morgan fingerprint density at radius 2 is 1.67 bits per heavy atom. The molecule has 0 N–H and O–H groups in total. The Bertz CT molecular complexity index is 408. The van der Waals surface area contributed by atoms with Gasteiger partial charge in [0.15, 0.2) is 0 Å². The highest BCUT2D eigenvalue weighted by atomic mass is 14.3. The van der Waals surface area contributed by atoms with Gasteiger partial charge in [-0.2, -0.15) is 0 Å². The number of rotatable bonds is 4. The fourth-order valence-electron chi connectivity index (χ4n) is 3.52. The summed E-state index contributed by atoms with van der Waals surface area (Å²) in [7, 11) is 0. The SMILES string of the molecule is CC(C)Cc1cccc(C2CCC2)c1C1CCC1. The van der Waals surface area contributed by atoms with Gasteiger partial charge in [-0.15, -0.1) is 0 Å². The molecule has 0 nitrogen and oxygen atoms in total. The highest BCUT2D eigenvalue weighted by Crippen LogP contribution is 2.46. The van der Waals surface area contributed by atoms with Crippen molar-refractivity contribution in [3.05, 3.63) is 34.9 Å². The molecule has 0 radical (unpaired) electrons. The van der Waals surface area contributed by atoms with E-state index >= 15 is 0 Å². The van der Waals surface area contributed by atoms with Gasteiger partial charge in [0.2, 0.25) is 0 Å². The van der Waals surface area contributed by atoms with E-state index in [1.807, 2.05) is 0 Å². The van der Waals surface area contributed by atoms with Crippen LogP contribution in [-0.4, -0.2) is 0 Å². The quantitative estimate of drug-likeness (QED) is 0.661. The third-order valence-electron chi connectivity index (χ3n) is 4.92. The second-order valence-corrected chi connectivity index (χ2v) is 6.77. The molecule has 1 aromatic rings. The van der Waals surface area contributed by atoms with E-state index in [1.165, 1.54) is 44.9 Å². The Hall–Kier alpha value is -0.780. The molecule has 0 aromatic heterocycles. The second kappa shape index (κ2) is 5.07. The maximum absolute atomic E-state index is 2.43. The van der Waals surface area contributed by atoms with Crippen LogP contribution in [0.3, 0.4) is 0 Å². The Kier molecular flexibility index (Phi) is 3.46. The Labute approximate surface area is 112 Å². The van der Waals surface area contributed by atoms with Crippen molar-refractivity contribution in [3.63, 3.8) is 0 Å². The molecule has 2 saturated carbocycles. The molecule has 0 atom stereocenters. The minimum atomic E-state index is 0.778. The molecule has 0 heterocycles. The Balaban J connectivity index is 1.96. The normalized spacial score (nSPS) is 20.8. The molecule has 0 unspecified atom stereocenters. The zero-order valence-corrected chi connectivity index (χ0v) is 11.9. The van der Waals surface area contributed by atoms with Gasteiger partial charge in [-0.3, -0.25) is 0 Å². The van der Waals surface area contributed by atoms with Crippen LogP contribution in [0.4, 0.5) is 0 Å². The first-order chi connectivity index (χ1) is 8.75. The van der Waals surface area contributed by atoms with Crippen LogP contribution < -0.4 is 0 Å². The van der Waals surface area contributed by atoms with Gasteiger partial charge in [-0.05, 0) is 66.5 Å². The van der Waals surface area contributed by atoms with E-state index in [4.69, 9.17) is 0 Å².